The van der Waals surface area contributed by atoms with Gasteiger partial charge in [-0.3, -0.25) is 4.57 Å². The third kappa shape index (κ3) is 3.42. The Morgan fingerprint density at radius 1 is 1.35 bits per heavy atom. The molecule has 1 aromatic carbocycles. The van der Waals surface area contributed by atoms with E-state index in [4.69, 9.17) is 0 Å². The molecule has 0 saturated carbocycles. The lowest BCUT2D eigenvalue weighted by atomic mass is 10.1. The highest BCUT2D eigenvalue weighted by molar-refractivity contribution is 8.07. The van der Waals surface area contributed by atoms with Crippen molar-refractivity contribution in [2.24, 2.45) is 0 Å². The van der Waals surface area contributed by atoms with Gasteiger partial charge in [-0.05, 0) is 36.8 Å². The molecular formula is C17H20N2S. The zero-order valence-electron chi connectivity index (χ0n) is 12.3. The maximum atomic E-state index is 4.59. The van der Waals surface area contributed by atoms with E-state index in [2.05, 4.69) is 60.3 Å². The molecule has 0 bridgehead atoms. The van der Waals surface area contributed by atoms with Gasteiger partial charge in [-0.15, -0.1) is 11.8 Å². The normalized spacial score (nSPS) is 11.7. The van der Waals surface area contributed by atoms with Crippen LogP contribution in [0.15, 0.2) is 43.1 Å². The number of thioether (sulfide) groups is 1. The van der Waals surface area contributed by atoms with E-state index < -0.39 is 0 Å². The van der Waals surface area contributed by atoms with Gasteiger partial charge in [-0.25, -0.2) is 4.98 Å². The third-order valence-corrected chi connectivity index (χ3v) is 3.83. The first-order valence-corrected chi connectivity index (χ1v) is 7.72. The standard InChI is InChI=1S/C17H20N2S/c1-5-20-15(4)19-12-14(3)18-17(19)11-13(2)16-9-7-6-8-10-16/h6-12H,4-5H2,1-3H3/b13-11+. The average molecular weight is 284 g/mol. The molecule has 0 aliphatic rings. The van der Waals surface area contributed by atoms with Crippen molar-refractivity contribution in [3.05, 3.63) is 60.2 Å². The fraction of sp³-hybridized carbons (Fsp3) is 0.235. The minimum Gasteiger partial charge on any atom is -0.295 e. The maximum Gasteiger partial charge on any atom is 0.138 e. The van der Waals surface area contributed by atoms with E-state index in [1.807, 2.05) is 19.2 Å². The second-order valence-electron chi connectivity index (χ2n) is 4.63. The Balaban J connectivity index is 2.36. The van der Waals surface area contributed by atoms with Crippen molar-refractivity contribution in [3.63, 3.8) is 0 Å². The summed E-state index contributed by atoms with van der Waals surface area (Å²) in [6.45, 7) is 10.4. The molecule has 0 amide bonds. The molecule has 2 nitrogen and oxygen atoms in total. The lowest BCUT2D eigenvalue weighted by Gasteiger charge is -2.08. The van der Waals surface area contributed by atoms with Gasteiger partial charge in [0.25, 0.3) is 0 Å². The summed E-state index contributed by atoms with van der Waals surface area (Å²) in [7, 11) is 0. The molecule has 0 aliphatic heterocycles. The van der Waals surface area contributed by atoms with Crippen LogP contribution in [0.1, 0.15) is 30.9 Å². The van der Waals surface area contributed by atoms with E-state index in [1.165, 1.54) is 11.1 Å². The molecule has 0 radical (unpaired) electrons. The van der Waals surface area contributed by atoms with Gasteiger partial charge in [0.15, 0.2) is 0 Å². The second-order valence-corrected chi connectivity index (χ2v) is 5.97. The lowest BCUT2D eigenvalue weighted by Crippen LogP contribution is -1.95. The Morgan fingerprint density at radius 2 is 2.05 bits per heavy atom. The largest absolute Gasteiger partial charge is 0.295 e. The first kappa shape index (κ1) is 14.7. The Kier molecular flexibility index (Phi) is 4.85. The van der Waals surface area contributed by atoms with Crippen LogP contribution in [0, 0.1) is 6.92 Å². The van der Waals surface area contributed by atoms with Crippen LogP contribution in [0.5, 0.6) is 0 Å². The van der Waals surface area contributed by atoms with E-state index in [1.54, 1.807) is 11.8 Å². The van der Waals surface area contributed by atoms with Gasteiger partial charge in [0.05, 0.1) is 10.7 Å². The summed E-state index contributed by atoms with van der Waals surface area (Å²) in [6.07, 6.45) is 4.15. The van der Waals surface area contributed by atoms with Crippen molar-refractivity contribution in [2.75, 3.05) is 5.75 Å². The van der Waals surface area contributed by atoms with Crippen LogP contribution in [-0.2, 0) is 0 Å². The quantitative estimate of drug-likeness (QED) is 0.774. The van der Waals surface area contributed by atoms with Crippen LogP contribution in [-0.4, -0.2) is 15.3 Å². The molecule has 0 N–H and O–H groups in total. The Hall–Kier alpha value is -1.74. The molecule has 20 heavy (non-hydrogen) atoms. The van der Waals surface area contributed by atoms with Crippen molar-refractivity contribution >= 4 is 28.4 Å². The molecule has 3 heteroatoms. The molecule has 2 rings (SSSR count). The predicted octanol–water partition coefficient (Wildman–Crippen LogP) is 4.93. The van der Waals surface area contributed by atoms with Crippen LogP contribution in [0.2, 0.25) is 0 Å². The van der Waals surface area contributed by atoms with Crippen molar-refractivity contribution in [3.8, 4) is 0 Å². The number of aromatic nitrogens is 2. The highest BCUT2D eigenvalue weighted by Crippen LogP contribution is 2.24. The van der Waals surface area contributed by atoms with Gasteiger partial charge in [0, 0.05) is 6.20 Å². The Morgan fingerprint density at radius 3 is 2.70 bits per heavy atom. The summed E-state index contributed by atoms with van der Waals surface area (Å²) in [5, 5.41) is 1.01. The van der Waals surface area contributed by atoms with E-state index in [-0.39, 0.29) is 0 Å². The van der Waals surface area contributed by atoms with Crippen molar-refractivity contribution in [2.45, 2.75) is 20.8 Å². The molecule has 1 heterocycles. The van der Waals surface area contributed by atoms with Crippen molar-refractivity contribution in [1.29, 1.82) is 0 Å². The first-order chi connectivity index (χ1) is 9.61. The van der Waals surface area contributed by atoms with E-state index in [0.717, 1.165) is 22.3 Å². The van der Waals surface area contributed by atoms with E-state index in [0.29, 0.717) is 0 Å². The highest BCUT2D eigenvalue weighted by atomic mass is 32.2. The van der Waals surface area contributed by atoms with Gasteiger partial charge in [0.1, 0.15) is 5.82 Å². The van der Waals surface area contributed by atoms with Crippen LogP contribution in [0.25, 0.3) is 16.7 Å². The van der Waals surface area contributed by atoms with Gasteiger partial charge in [0.2, 0.25) is 0 Å². The Bertz CT molecular complexity index is 624. The molecule has 0 unspecified atom stereocenters. The van der Waals surface area contributed by atoms with Crippen molar-refractivity contribution < 1.29 is 0 Å². The minimum atomic E-state index is 0.940. The van der Waals surface area contributed by atoms with Gasteiger partial charge in [-0.1, -0.05) is 43.8 Å². The second kappa shape index (κ2) is 6.62. The van der Waals surface area contributed by atoms with Crippen LogP contribution < -0.4 is 0 Å². The van der Waals surface area contributed by atoms with Crippen LogP contribution in [0.4, 0.5) is 0 Å². The third-order valence-electron chi connectivity index (χ3n) is 3.01. The number of aryl methyl sites for hydroxylation is 1. The number of allylic oxidation sites excluding steroid dienone is 1. The fourth-order valence-electron chi connectivity index (χ4n) is 2.03. The van der Waals surface area contributed by atoms with Crippen LogP contribution in [0.3, 0.4) is 0 Å². The molecule has 0 aliphatic carbocycles. The summed E-state index contributed by atoms with van der Waals surface area (Å²) in [5.41, 5.74) is 3.43. The maximum absolute atomic E-state index is 4.59. The summed E-state index contributed by atoms with van der Waals surface area (Å²) in [6, 6.07) is 10.4. The zero-order chi connectivity index (χ0) is 14.5. The summed E-state index contributed by atoms with van der Waals surface area (Å²) in [5.74, 6) is 1.95. The molecule has 2 aromatic rings. The number of nitrogens with zero attached hydrogens (tertiary/aromatic N) is 2. The molecule has 1 aromatic heterocycles. The van der Waals surface area contributed by atoms with Gasteiger partial charge >= 0.3 is 0 Å². The predicted molar refractivity (Wildman–Crippen MR) is 90.4 cm³/mol. The average Bonchev–Trinajstić information content (AvgIpc) is 2.81. The number of hydrogen-bond donors (Lipinski definition) is 0. The molecule has 104 valence electrons. The first-order valence-electron chi connectivity index (χ1n) is 6.73. The number of rotatable bonds is 5. The molecule has 0 atom stereocenters. The molecular weight excluding hydrogens is 264 g/mol. The summed E-state index contributed by atoms with van der Waals surface area (Å²) >= 11 is 1.73. The number of hydrogen-bond acceptors (Lipinski definition) is 2. The zero-order valence-corrected chi connectivity index (χ0v) is 13.1. The lowest BCUT2D eigenvalue weighted by molar-refractivity contribution is 1.10. The summed E-state index contributed by atoms with van der Waals surface area (Å²) < 4.78 is 2.07. The van der Waals surface area contributed by atoms with Crippen molar-refractivity contribution in [1.82, 2.24) is 9.55 Å². The number of benzene rings is 1. The van der Waals surface area contributed by atoms with Gasteiger partial charge < -0.3 is 0 Å². The van der Waals surface area contributed by atoms with E-state index >= 15 is 0 Å². The highest BCUT2D eigenvalue weighted by Gasteiger charge is 2.07. The summed E-state index contributed by atoms with van der Waals surface area (Å²) in [4.78, 5) is 4.59. The monoisotopic (exact) mass is 284 g/mol. The minimum absolute atomic E-state index is 0.940. The topological polar surface area (TPSA) is 17.8 Å². The Labute approximate surface area is 125 Å². The van der Waals surface area contributed by atoms with E-state index in [9.17, 15) is 0 Å². The number of imidazole rings is 1. The van der Waals surface area contributed by atoms with Gasteiger partial charge in [-0.2, -0.15) is 0 Å². The SMILES string of the molecule is C=C(SCC)n1cc(C)nc1/C=C(\C)c1ccccc1. The smallest absolute Gasteiger partial charge is 0.138 e. The fourth-order valence-corrected chi connectivity index (χ4v) is 2.65. The molecule has 0 spiro atoms. The molecule has 0 saturated heterocycles. The molecule has 0 fully saturated rings. The van der Waals surface area contributed by atoms with Crippen LogP contribution >= 0.6 is 11.8 Å².